The van der Waals surface area contributed by atoms with Gasteiger partial charge in [0.25, 0.3) is 0 Å². The SMILES string of the molecule is Cc1ccc(CC(=O)N2CCC(CCn3ccc4cc(-n5c(-c6cc(C(C)C)c(O)cc6O)n[nH]c5=O)ccc43)CC2)cc1. The van der Waals surface area contributed by atoms with Crippen LogP contribution in [0.5, 0.6) is 11.5 Å². The fourth-order valence-corrected chi connectivity index (χ4v) is 6.26. The molecule has 1 saturated heterocycles. The Morgan fingerprint density at radius 2 is 1.75 bits per heavy atom. The van der Waals surface area contributed by atoms with Crippen LogP contribution in [0.1, 0.15) is 55.7 Å². The van der Waals surface area contributed by atoms with Gasteiger partial charge in [-0.2, -0.15) is 5.10 Å². The van der Waals surface area contributed by atoms with Crippen LogP contribution in [0.3, 0.4) is 0 Å². The number of piperidine rings is 1. The number of H-pyrrole nitrogens is 1. The molecule has 2 aromatic heterocycles. The highest BCUT2D eigenvalue weighted by molar-refractivity contribution is 5.83. The minimum Gasteiger partial charge on any atom is -0.508 e. The molecule has 9 nitrogen and oxygen atoms in total. The quantitative estimate of drug-likeness (QED) is 0.207. The number of likely N-dealkylation sites (tertiary alicyclic amines) is 1. The van der Waals surface area contributed by atoms with E-state index >= 15 is 0 Å². The van der Waals surface area contributed by atoms with E-state index in [4.69, 9.17) is 0 Å². The van der Waals surface area contributed by atoms with E-state index < -0.39 is 5.69 Å². The number of aromatic amines is 1. The number of hydrogen-bond acceptors (Lipinski definition) is 5. The zero-order chi connectivity index (χ0) is 31.0. The number of amides is 1. The van der Waals surface area contributed by atoms with Crippen molar-refractivity contribution in [1.82, 2.24) is 24.2 Å². The number of carbonyl (C=O) groups excluding carboxylic acids is 1. The number of carbonyl (C=O) groups is 1. The number of benzene rings is 3. The van der Waals surface area contributed by atoms with Gasteiger partial charge in [-0.3, -0.25) is 4.79 Å². The molecule has 1 aliphatic rings. The Bertz CT molecular complexity index is 1860. The molecular formula is C35H39N5O4. The van der Waals surface area contributed by atoms with E-state index in [0.717, 1.165) is 55.4 Å². The molecule has 3 aromatic carbocycles. The van der Waals surface area contributed by atoms with Gasteiger partial charge in [0, 0.05) is 42.8 Å². The van der Waals surface area contributed by atoms with E-state index in [9.17, 15) is 19.8 Å². The number of aromatic nitrogens is 4. The van der Waals surface area contributed by atoms with Crippen LogP contribution in [0.4, 0.5) is 0 Å². The largest absolute Gasteiger partial charge is 0.508 e. The summed E-state index contributed by atoms with van der Waals surface area (Å²) in [5, 5.41) is 28.6. The van der Waals surface area contributed by atoms with E-state index in [1.165, 1.54) is 16.2 Å². The van der Waals surface area contributed by atoms with Crippen LogP contribution in [0, 0.1) is 12.8 Å². The van der Waals surface area contributed by atoms with Crippen molar-refractivity contribution in [2.24, 2.45) is 5.92 Å². The Hall–Kier alpha value is -4.79. The van der Waals surface area contributed by atoms with Crippen molar-refractivity contribution < 1.29 is 15.0 Å². The van der Waals surface area contributed by atoms with E-state index in [-0.39, 0.29) is 29.1 Å². The van der Waals surface area contributed by atoms with Gasteiger partial charge >= 0.3 is 5.69 Å². The number of nitrogens with one attached hydrogen (secondary N) is 1. The van der Waals surface area contributed by atoms with Crippen LogP contribution in [0.2, 0.25) is 0 Å². The summed E-state index contributed by atoms with van der Waals surface area (Å²) < 4.78 is 3.69. The molecule has 44 heavy (non-hydrogen) atoms. The van der Waals surface area contributed by atoms with E-state index in [1.807, 2.05) is 55.1 Å². The van der Waals surface area contributed by atoms with Gasteiger partial charge < -0.3 is 19.7 Å². The lowest BCUT2D eigenvalue weighted by atomic mass is 9.93. The lowest BCUT2D eigenvalue weighted by molar-refractivity contribution is -0.131. The number of rotatable bonds is 8. The second-order valence-electron chi connectivity index (χ2n) is 12.3. The number of fused-ring (bicyclic) bond motifs is 1. The molecule has 1 amide bonds. The Balaban J connectivity index is 1.13. The molecule has 0 radical (unpaired) electrons. The van der Waals surface area contributed by atoms with Crippen LogP contribution in [-0.4, -0.2) is 53.4 Å². The Labute approximate surface area is 256 Å². The molecule has 228 valence electrons. The van der Waals surface area contributed by atoms with Crippen molar-refractivity contribution in [2.75, 3.05) is 13.1 Å². The number of aromatic hydroxyl groups is 2. The highest BCUT2D eigenvalue weighted by Gasteiger charge is 2.23. The maximum absolute atomic E-state index is 12.9. The van der Waals surface area contributed by atoms with Crippen molar-refractivity contribution in [3.05, 3.63) is 94.0 Å². The van der Waals surface area contributed by atoms with Crippen molar-refractivity contribution >= 4 is 16.8 Å². The third kappa shape index (κ3) is 5.86. The molecule has 0 spiro atoms. The summed E-state index contributed by atoms with van der Waals surface area (Å²) in [4.78, 5) is 27.7. The third-order valence-electron chi connectivity index (χ3n) is 8.91. The molecule has 0 aliphatic carbocycles. The summed E-state index contributed by atoms with van der Waals surface area (Å²) >= 11 is 0. The van der Waals surface area contributed by atoms with Gasteiger partial charge in [-0.25, -0.2) is 14.5 Å². The first kappa shape index (κ1) is 29.3. The lowest BCUT2D eigenvalue weighted by Crippen LogP contribution is -2.39. The van der Waals surface area contributed by atoms with E-state index in [1.54, 1.807) is 6.07 Å². The van der Waals surface area contributed by atoms with E-state index in [0.29, 0.717) is 29.2 Å². The molecule has 1 aliphatic heterocycles. The van der Waals surface area contributed by atoms with Crippen LogP contribution < -0.4 is 5.69 Å². The second kappa shape index (κ2) is 12.1. The molecule has 0 atom stereocenters. The molecule has 0 saturated carbocycles. The number of aryl methyl sites for hydroxylation is 2. The standard InChI is InChI=1S/C35H39N5O4/c1-22(2)28-20-29(32(42)21-31(28)41)34-36-37-35(44)40(34)27-8-9-30-26(19-27)13-17-38(30)14-10-24-11-15-39(16-12-24)33(43)18-25-6-4-23(3)5-7-25/h4-9,13,17,19-22,24,41-42H,10-12,14-16,18H2,1-3H3,(H,37,44). The van der Waals surface area contributed by atoms with Crippen molar-refractivity contribution in [2.45, 2.75) is 58.9 Å². The van der Waals surface area contributed by atoms with Crippen LogP contribution in [0.15, 0.2) is 71.7 Å². The predicted molar refractivity (Wildman–Crippen MR) is 171 cm³/mol. The molecular weight excluding hydrogens is 554 g/mol. The second-order valence-corrected chi connectivity index (χ2v) is 12.3. The lowest BCUT2D eigenvalue weighted by Gasteiger charge is -2.32. The highest BCUT2D eigenvalue weighted by Crippen LogP contribution is 2.37. The Kier molecular flexibility index (Phi) is 8.03. The summed E-state index contributed by atoms with van der Waals surface area (Å²) in [7, 11) is 0. The highest BCUT2D eigenvalue weighted by atomic mass is 16.3. The zero-order valence-corrected chi connectivity index (χ0v) is 25.5. The first-order valence-electron chi connectivity index (χ1n) is 15.3. The van der Waals surface area contributed by atoms with Crippen LogP contribution >= 0.6 is 0 Å². The first-order valence-corrected chi connectivity index (χ1v) is 15.3. The minimum atomic E-state index is -0.416. The molecule has 3 heterocycles. The number of nitrogens with zero attached hydrogens (tertiary/aromatic N) is 4. The molecule has 5 aromatic rings. The molecule has 1 fully saturated rings. The van der Waals surface area contributed by atoms with Crippen molar-refractivity contribution in [3.63, 3.8) is 0 Å². The normalized spacial score (nSPS) is 14.1. The van der Waals surface area contributed by atoms with Crippen molar-refractivity contribution in [1.29, 1.82) is 0 Å². The van der Waals surface area contributed by atoms with Gasteiger partial charge in [-0.05, 0) is 79.5 Å². The Morgan fingerprint density at radius 1 is 1.00 bits per heavy atom. The number of hydrogen-bond donors (Lipinski definition) is 3. The zero-order valence-electron chi connectivity index (χ0n) is 25.5. The first-order chi connectivity index (χ1) is 21.2. The summed E-state index contributed by atoms with van der Waals surface area (Å²) in [6, 6.07) is 19.1. The fourth-order valence-electron chi connectivity index (χ4n) is 6.26. The molecule has 9 heteroatoms. The monoisotopic (exact) mass is 593 g/mol. The minimum absolute atomic E-state index is 0.00518. The average molecular weight is 594 g/mol. The molecule has 6 rings (SSSR count). The number of phenols is 2. The average Bonchev–Trinajstić information content (AvgIpc) is 3.59. The van der Waals surface area contributed by atoms with Gasteiger partial charge in [0.05, 0.1) is 17.7 Å². The van der Waals surface area contributed by atoms with Crippen LogP contribution in [0.25, 0.3) is 28.0 Å². The van der Waals surface area contributed by atoms with Crippen molar-refractivity contribution in [3.8, 4) is 28.6 Å². The summed E-state index contributed by atoms with van der Waals surface area (Å²) in [6.07, 6.45) is 5.60. The van der Waals surface area contributed by atoms with Gasteiger partial charge in [0.2, 0.25) is 5.91 Å². The topological polar surface area (TPSA) is 116 Å². The third-order valence-corrected chi connectivity index (χ3v) is 8.91. The molecule has 0 bridgehead atoms. The fraction of sp³-hybridized carbons (Fsp3) is 0.343. The smallest absolute Gasteiger partial charge is 0.348 e. The van der Waals surface area contributed by atoms with E-state index in [2.05, 4.69) is 40.0 Å². The predicted octanol–water partition coefficient (Wildman–Crippen LogP) is 5.90. The van der Waals surface area contributed by atoms with Crippen LogP contribution in [-0.2, 0) is 17.8 Å². The maximum Gasteiger partial charge on any atom is 0.348 e. The summed E-state index contributed by atoms with van der Waals surface area (Å²) in [5.41, 5.74) is 4.58. The summed E-state index contributed by atoms with van der Waals surface area (Å²) in [5.74, 6) is 0.920. The molecule has 0 unspecified atom stereocenters. The molecule has 3 N–H and O–H groups in total. The number of phenolic OH excluding ortho intramolecular Hbond substituents is 2. The maximum atomic E-state index is 12.9. The Morgan fingerprint density at radius 3 is 2.48 bits per heavy atom. The van der Waals surface area contributed by atoms with Gasteiger partial charge in [-0.1, -0.05) is 43.7 Å². The van der Waals surface area contributed by atoms with Gasteiger partial charge in [0.1, 0.15) is 11.5 Å². The van der Waals surface area contributed by atoms with Gasteiger partial charge in [0.15, 0.2) is 5.82 Å². The van der Waals surface area contributed by atoms with Gasteiger partial charge in [-0.15, -0.1) is 0 Å². The summed E-state index contributed by atoms with van der Waals surface area (Å²) in [6.45, 7) is 8.44.